The van der Waals surface area contributed by atoms with Crippen LogP contribution >= 0.6 is 0 Å². The van der Waals surface area contributed by atoms with E-state index in [2.05, 4.69) is 15.1 Å². The number of nitrogens with zero attached hydrogens (tertiary/aromatic N) is 2. The molecule has 0 bridgehead atoms. The van der Waals surface area contributed by atoms with Crippen molar-refractivity contribution in [1.82, 2.24) is 15.1 Å². The van der Waals surface area contributed by atoms with Crippen molar-refractivity contribution in [1.29, 1.82) is 0 Å². The minimum absolute atomic E-state index is 0.0525. The average molecular weight is 442 g/mol. The molecule has 2 aliphatic rings. The van der Waals surface area contributed by atoms with Gasteiger partial charge in [-0.3, -0.25) is 14.6 Å². The summed E-state index contributed by atoms with van der Waals surface area (Å²) in [6.07, 6.45) is 0.860. The molecule has 1 amide bonds. The maximum absolute atomic E-state index is 13.1. The Bertz CT molecular complexity index is 869. The van der Waals surface area contributed by atoms with E-state index in [1.165, 1.54) is 12.1 Å². The van der Waals surface area contributed by atoms with Crippen molar-refractivity contribution in [2.24, 2.45) is 11.8 Å². The van der Waals surface area contributed by atoms with Crippen LogP contribution in [0.25, 0.3) is 0 Å². The third kappa shape index (κ3) is 6.51. The van der Waals surface area contributed by atoms with Crippen molar-refractivity contribution in [2.75, 3.05) is 45.9 Å². The zero-order valence-electron chi connectivity index (χ0n) is 18.4. The number of benzene rings is 2. The van der Waals surface area contributed by atoms with Gasteiger partial charge in [-0.05, 0) is 47.7 Å². The fraction of sp³-hybridized carbons (Fsp3) is 0.480. The summed E-state index contributed by atoms with van der Waals surface area (Å²) in [7, 11) is 0. The Morgan fingerprint density at radius 2 is 1.69 bits per heavy atom. The summed E-state index contributed by atoms with van der Waals surface area (Å²) in [4.78, 5) is 17.8. The molecule has 0 radical (unpaired) electrons. The predicted molar refractivity (Wildman–Crippen MR) is 120 cm³/mol. The van der Waals surface area contributed by atoms with E-state index < -0.39 is 0 Å². The van der Waals surface area contributed by atoms with Crippen molar-refractivity contribution in [2.45, 2.75) is 19.5 Å². The number of hydrogen-bond acceptors (Lipinski definition) is 5. The molecule has 2 aliphatic heterocycles. The molecule has 2 fully saturated rings. The van der Waals surface area contributed by atoms with Gasteiger partial charge < -0.3 is 15.2 Å². The fourth-order valence-corrected chi connectivity index (χ4v) is 4.70. The number of halogens is 1. The standard InChI is InChI=1S/C25H32FN3O3/c26-23-5-1-19(2-6-23)14-27-25(31)22-13-21(16-28-9-11-32-12-10-28)17-29(18-22)15-20-3-7-24(30)8-4-20/h1-8,21-22,30H,9-18H2,(H,27,31)/t21-,22-/m1/s1. The molecule has 0 aliphatic carbocycles. The normalized spacial score (nSPS) is 22.5. The van der Waals surface area contributed by atoms with Crippen molar-refractivity contribution < 1.29 is 19.0 Å². The quantitative estimate of drug-likeness (QED) is 0.692. The van der Waals surface area contributed by atoms with E-state index in [9.17, 15) is 14.3 Å². The highest BCUT2D eigenvalue weighted by Crippen LogP contribution is 2.25. The lowest BCUT2D eigenvalue weighted by molar-refractivity contribution is -0.128. The van der Waals surface area contributed by atoms with E-state index in [1.807, 2.05) is 12.1 Å². The molecule has 4 rings (SSSR count). The number of phenols is 1. The lowest BCUT2D eigenvalue weighted by Crippen LogP contribution is -2.49. The van der Waals surface area contributed by atoms with Crippen LogP contribution in [-0.2, 0) is 22.6 Å². The molecule has 2 N–H and O–H groups in total. The maximum Gasteiger partial charge on any atom is 0.224 e. The van der Waals surface area contributed by atoms with Gasteiger partial charge in [0.1, 0.15) is 11.6 Å². The number of carbonyl (C=O) groups excluding carboxylic acids is 1. The molecule has 2 atom stereocenters. The lowest BCUT2D eigenvalue weighted by atomic mass is 9.87. The zero-order chi connectivity index (χ0) is 22.3. The van der Waals surface area contributed by atoms with E-state index in [0.717, 1.165) is 63.5 Å². The highest BCUT2D eigenvalue weighted by molar-refractivity contribution is 5.79. The number of amides is 1. The van der Waals surface area contributed by atoms with E-state index in [0.29, 0.717) is 19.0 Å². The molecule has 0 aromatic heterocycles. The fourth-order valence-electron chi connectivity index (χ4n) is 4.70. The number of aromatic hydroxyl groups is 1. The Morgan fingerprint density at radius 3 is 2.41 bits per heavy atom. The summed E-state index contributed by atoms with van der Waals surface area (Å²) in [5, 5.41) is 12.6. The third-order valence-corrected chi connectivity index (χ3v) is 6.33. The van der Waals surface area contributed by atoms with E-state index in [4.69, 9.17) is 4.74 Å². The van der Waals surface area contributed by atoms with E-state index >= 15 is 0 Å². The number of hydrogen-bond donors (Lipinski definition) is 2. The predicted octanol–water partition coefficient (Wildman–Crippen LogP) is 2.62. The van der Waals surface area contributed by atoms with Gasteiger partial charge in [-0.1, -0.05) is 24.3 Å². The first-order chi connectivity index (χ1) is 15.5. The topological polar surface area (TPSA) is 65.0 Å². The van der Waals surface area contributed by atoms with Gasteiger partial charge in [-0.2, -0.15) is 0 Å². The molecule has 0 saturated carbocycles. The number of rotatable bonds is 7. The molecular weight excluding hydrogens is 409 g/mol. The van der Waals surface area contributed by atoms with Gasteiger partial charge in [0, 0.05) is 45.8 Å². The molecule has 7 heteroatoms. The molecule has 0 spiro atoms. The first-order valence-electron chi connectivity index (χ1n) is 11.4. The van der Waals surface area contributed by atoms with Gasteiger partial charge in [0.05, 0.1) is 19.1 Å². The average Bonchev–Trinajstić information content (AvgIpc) is 2.80. The van der Waals surface area contributed by atoms with Crippen molar-refractivity contribution >= 4 is 5.91 Å². The van der Waals surface area contributed by atoms with Gasteiger partial charge >= 0.3 is 0 Å². The molecule has 172 valence electrons. The van der Waals surface area contributed by atoms with Crippen LogP contribution in [0.1, 0.15) is 17.5 Å². The van der Waals surface area contributed by atoms with Crippen molar-refractivity contribution in [3.05, 3.63) is 65.5 Å². The number of carbonyl (C=O) groups is 1. The second-order valence-corrected chi connectivity index (χ2v) is 8.92. The highest BCUT2D eigenvalue weighted by atomic mass is 19.1. The Labute approximate surface area is 189 Å². The number of phenolic OH excluding ortho intramolecular Hbond substituents is 1. The second-order valence-electron chi connectivity index (χ2n) is 8.92. The zero-order valence-corrected chi connectivity index (χ0v) is 18.4. The maximum atomic E-state index is 13.1. The Hall–Kier alpha value is -2.48. The minimum atomic E-state index is -0.275. The van der Waals surface area contributed by atoms with Crippen LogP contribution < -0.4 is 5.32 Å². The monoisotopic (exact) mass is 441 g/mol. The van der Waals surface area contributed by atoms with Gasteiger partial charge in [0.15, 0.2) is 0 Å². The molecular formula is C25H32FN3O3. The molecule has 2 aromatic rings. The minimum Gasteiger partial charge on any atom is -0.508 e. The SMILES string of the molecule is O=C(NCc1ccc(F)cc1)[C@@H]1C[C@H](CN2CCOCC2)CN(Cc2ccc(O)cc2)C1. The number of likely N-dealkylation sites (tertiary alicyclic amines) is 1. The highest BCUT2D eigenvalue weighted by Gasteiger charge is 2.32. The van der Waals surface area contributed by atoms with Crippen LogP contribution in [0.15, 0.2) is 48.5 Å². The van der Waals surface area contributed by atoms with Crippen molar-refractivity contribution in [3.63, 3.8) is 0 Å². The van der Waals surface area contributed by atoms with E-state index in [-0.39, 0.29) is 23.4 Å². The molecule has 32 heavy (non-hydrogen) atoms. The molecule has 2 heterocycles. The summed E-state index contributed by atoms with van der Waals surface area (Å²) >= 11 is 0. The van der Waals surface area contributed by atoms with Crippen LogP contribution in [0.5, 0.6) is 5.75 Å². The second kappa shape index (κ2) is 10.9. The summed E-state index contributed by atoms with van der Waals surface area (Å²) < 4.78 is 18.6. The number of morpholine rings is 1. The largest absolute Gasteiger partial charge is 0.508 e. The smallest absolute Gasteiger partial charge is 0.224 e. The number of nitrogens with one attached hydrogen (secondary N) is 1. The molecule has 0 unspecified atom stereocenters. The van der Waals surface area contributed by atoms with Crippen molar-refractivity contribution in [3.8, 4) is 5.75 Å². The van der Waals surface area contributed by atoms with Crippen LogP contribution in [0.4, 0.5) is 4.39 Å². The molecule has 2 aromatic carbocycles. The van der Waals surface area contributed by atoms with E-state index in [1.54, 1.807) is 24.3 Å². The third-order valence-electron chi connectivity index (χ3n) is 6.33. The summed E-state index contributed by atoms with van der Waals surface area (Å²) in [5.74, 6) is 0.350. The Kier molecular flexibility index (Phi) is 7.73. The van der Waals surface area contributed by atoms with Gasteiger partial charge in [-0.25, -0.2) is 4.39 Å². The van der Waals surface area contributed by atoms with Crippen LogP contribution in [0.3, 0.4) is 0 Å². The summed E-state index contributed by atoms with van der Waals surface area (Å²) in [6, 6.07) is 13.5. The summed E-state index contributed by atoms with van der Waals surface area (Å²) in [5.41, 5.74) is 2.02. The van der Waals surface area contributed by atoms with Gasteiger partial charge in [0.2, 0.25) is 5.91 Å². The Balaban J connectivity index is 1.39. The molecule has 6 nitrogen and oxygen atoms in total. The summed E-state index contributed by atoms with van der Waals surface area (Å²) in [6.45, 7) is 7.19. The lowest BCUT2D eigenvalue weighted by Gasteiger charge is -2.40. The van der Waals surface area contributed by atoms with Crippen LogP contribution in [0.2, 0.25) is 0 Å². The van der Waals surface area contributed by atoms with Gasteiger partial charge in [-0.15, -0.1) is 0 Å². The van der Waals surface area contributed by atoms with Crippen LogP contribution in [0, 0.1) is 17.7 Å². The molecule has 2 saturated heterocycles. The van der Waals surface area contributed by atoms with Crippen LogP contribution in [-0.4, -0.2) is 66.8 Å². The number of piperidine rings is 1. The Morgan fingerprint density at radius 1 is 1.00 bits per heavy atom. The first-order valence-corrected chi connectivity index (χ1v) is 11.4. The van der Waals surface area contributed by atoms with Gasteiger partial charge in [0.25, 0.3) is 0 Å². The first kappa shape index (κ1) is 22.7. The number of ether oxygens (including phenoxy) is 1.